The first kappa shape index (κ1) is 19.7. The molecule has 1 heteroatoms. The molecule has 0 heterocycles. The van der Waals surface area contributed by atoms with Gasteiger partial charge in [-0.3, -0.25) is 0 Å². The Morgan fingerprint density at radius 3 is 2.11 bits per heavy atom. The van der Waals surface area contributed by atoms with E-state index in [4.69, 9.17) is 0 Å². The van der Waals surface area contributed by atoms with Crippen LogP contribution in [0.3, 0.4) is 0 Å². The smallest absolute Gasteiger partial charge is 0.0171 e. The fraction of sp³-hybridized carbons (Fsp3) is 0.692. The summed E-state index contributed by atoms with van der Waals surface area (Å²) in [6.45, 7) is 12.0. The largest absolute Gasteiger partial charge is 0.116 e. The Labute approximate surface area is 169 Å². The molecule has 148 valence electrons. The van der Waals surface area contributed by atoms with Crippen LogP contribution in [0.2, 0.25) is 0 Å². The molecule has 2 unspecified atom stereocenters. The van der Waals surface area contributed by atoms with Crippen molar-refractivity contribution in [3.05, 3.63) is 40.0 Å². The molecular weight excluding hydrogens is 343 g/mol. The predicted molar refractivity (Wildman–Crippen MR) is 122 cm³/mol. The number of aryl methyl sites for hydroxylation is 1. The molecule has 27 heavy (non-hydrogen) atoms. The highest BCUT2D eigenvalue weighted by Crippen LogP contribution is 2.56. The second kappa shape index (κ2) is 7.67. The number of rotatable bonds is 3. The maximum absolute atomic E-state index is 2.57. The van der Waals surface area contributed by atoms with Crippen LogP contribution in [0.4, 0.5) is 0 Å². The number of benzene rings is 1. The van der Waals surface area contributed by atoms with Gasteiger partial charge in [0.05, 0.1) is 0 Å². The minimum absolute atomic E-state index is 0.275. The second-order valence-corrected chi connectivity index (χ2v) is 11.9. The second-order valence-electron chi connectivity index (χ2n) is 9.93. The van der Waals surface area contributed by atoms with E-state index in [-0.39, 0.29) is 5.41 Å². The number of fused-ring (bicyclic) bond motifs is 1. The highest BCUT2D eigenvalue weighted by molar-refractivity contribution is 7.39. The van der Waals surface area contributed by atoms with E-state index < -0.39 is 0 Å². The number of hydrogen-bond donors (Lipinski definition) is 0. The molecule has 0 spiro atoms. The zero-order valence-corrected chi connectivity index (χ0v) is 19.3. The highest BCUT2D eigenvalue weighted by Gasteiger charge is 2.45. The minimum Gasteiger partial charge on any atom is -0.116 e. The standard InChI is InChI=1S/C26H39P/c1-17-11-16-24-25(18(17)2)19(3)20(4)26(24,5)21-12-14-23(15-13-21)27-22-9-7-6-8-10-22/h11,16,21-23,27H,6-10,12-15H2,1-5H3. The minimum atomic E-state index is 0.275. The van der Waals surface area contributed by atoms with Gasteiger partial charge in [-0.05, 0) is 111 Å². The van der Waals surface area contributed by atoms with Crippen molar-refractivity contribution in [3.63, 3.8) is 0 Å². The molecule has 0 bridgehead atoms. The lowest BCUT2D eigenvalue weighted by atomic mass is 9.64. The highest BCUT2D eigenvalue weighted by atomic mass is 31.1. The molecule has 0 radical (unpaired) electrons. The van der Waals surface area contributed by atoms with Crippen LogP contribution >= 0.6 is 8.58 Å². The zero-order valence-electron chi connectivity index (χ0n) is 18.3. The molecule has 1 aromatic rings. The SMILES string of the molecule is CC1=C(C)C(C)(C2CCC(PC3CCCCC3)CC2)c2ccc(C)c(C)c21. The average molecular weight is 383 g/mol. The molecule has 2 atom stereocenters. The van der Waals surface area contributed by atoms with Crippen LogP contribution in [0.15, 0.2) is 17.7 Å². The first-order chi connectivity index (χ1) is 12.9. The van der Waals surface area contributed by atoms with Crippen molar-refractivity contribution in [2.24, 2.45) is 5.92 Å². The lowest BCUT2D eigenvalue weighted by Gasteiger charge is -2.42. The van der Waals surface area contributed by atoms with E-state index in [1.807, 2.05) is 0 Å². The summed E-state index contributed by atoms with van der Waals surface area (Å²) in [5, 5.41) is 0. The third-order valence-corrected chi connectivity index (χ3v) is 10.7. The molecule has 0 saturated heterocycles. The van der Waals surface area contributed by atoms with Crippen LogP contribution in [0.5, 0.6) is 0 Å². The molecule has 0 aliphatic heterocycles. The van der Waals surface area contributed by atoms with E-state index in [0.717, 1.165) is 17.2 Å². The molecular formula is C26H39P. The Bertz CT molecular complexity index is 729. The van der Waals surface area contributed by atoms with Crippen molar-refractivity contribution in [2.45, 2.75) is 109 Å². The number of allylic oxidation sites excluding steroid dienone is 2. The molecule has 3 aliphatic rings. The summed E-state index contributed by atoms with van der Waals surface area (Å²) in [5.74, 6) is 0.836. The van der Waals surface area contributed by atoms with Crippen LogP contribution in [0, 0.1) is 19.8 Å². The van der Waals surface area contributed by atoms with Gasteiger partial charge in [-0.15, -0.1) is 8.58 Å². The molecule has 2 saturated carbocycles. The van der Waals surface area contributed by atoms with Crippen LogP contribution in [0.1, 0.15) is 101 Å². The Kier molecular flexibility index (Phi) is 5.59. The van der Waals surface area contributed by atoms with Crippen molar-refractivity contribution in [1.29, 1.82) is 0 Å². The van der Waals surface area contributed by atoms with Gasteiger partial charge in [0.15, 0.2) is 0 Å². The van der Waals surface area contributed by atoms with Crippen molar-refractivity contribution in [3.8, 4) is 0 Å². The predicted octanol–water partition coefficient (Wildman–Crippen LogP) is 7.94. The molecule has 0 nitrogen and oxygen atoms in total. The van der Waals surface area contributed by atoms with Gasteiger partial charge in [0.25, 0.3) is 0 Å². The van der Waals surface area contributed by atoms with Gasteiger partial charge < -0.3 is 0 Å². The van der Waals surface area contributed by atoms with E-state index in [1.54, 1.807) is 22.3 Å². The topological polar surface area (TPSA) is 0 Å². The van der Waals surface area contributed by atoms with Crippen LogP contribution in [-0.4, -0.2) is 11.3 Å². The fourth-order valence-electron chi connectivity index (χ4n) is 6.48. The molecule has 0 aromatic heterocycles. The lowest BCUT2D eigenvalue weighted by Crippen LogP contribution is -2.35. The monoisotopic (exact) mass is 382 g/mol. The first-order valence-corrected chi connectivity index (χ1v) is 12.6. The third kappa shape index (κ3) is 3.35. The first-order valence-electron chi connectivity index (χ1n) is 11.5. The molecule has 3 aliphatic carbocycles. The molecule has 0 amide bonds. The fourth-order valence-corrected chi connectivity index (χ4v) is 8.55. The molecule has 4 rings (SSSR count). The quantitative estimate of drug-likeness (QED) is 0.465. The van der Waals surface area contributed by atoms with Gasteiger partial charge in [-0.1, -0.05) is 43.9 Å². The summed E-state index contributed by atoms with van der Waals surface area (Å²) in [4.78, 5) is 0. The maximum Gasteiger partial charge on any atom is 0.0171 e. The van der Waals surface area contributed by atoms with Crippen molar-refractivity contribution in [2.75, 3.05) is 0 Å². The van der Waals surface area contributed by atoms with E-state index in [2.05, 4.69) is 46.8 Å². The van der Waals surface area contributed by atoms with Gasteiger partial charge >= 0.3 is 0 Å². The van der Waals surface area contributed by atoms with E-state index >= 15 is 0 Å². The van der Waals surface area contributed by atoms with E-state index in [0.29, 0.717) is 0 Å². The van der Waals surface area contributed by atoms with Gasteiger partial charge in [-0.2, -0.15) is 0 Å². The van der Waals surface area contributed by atoms with Gasteiger partial charge in [0.1, 0.15) is 0 Å². The van der Waals surface area contributed by atoms with E-state index in [9.17, 15) is 0 Å². The molecule has 2 fully saturated rings. The Balaban J connectivity index is 1.51. The maximum atomic E-state index is 2.57. The Hall–Kier alpha value is -0.610. The summed E-state index contributed by atoms with van der Waals surface area (Å²) in [6, 6.07) is 4.84. The van der Waals surface area contributed by atoms with Crippen LogP contribution < -0.4 is 0 Å². The normalized spacial score (nSPS) is 32.5. The average Bonchev–Trinajstić information content (AvgIpc) is 2.88. The summed E-state index contributed by atoms with van der Waals surface area (Å²) in [6.07, 6.45) is 13.4. The lowest BCUT2D eigenvalue weighted by molar-refractivity contribution is 0.256. The van der Waals surface area contributed by atoms with Gasteiger partial charge in [0, 0.05) is 5.41 Å². The zero-order chi connectivity index (χ0) is 19.2. The molecule has 1 aromatic carbocycles. The Morgan fingerprint density at radius 1 is 0.815 bits per heavy atom. The van der Waals surface area contributed by atoms with Gasteiger partial charge in [0.2, 0.25) is 0 Å². The van der Waals surface area contributed by atoms with Crippen molar-refractivity contribution in [1.82, 2.24) is 0 Å². The van der Waals surface area contributed by atoms with Crippen LogP contribution in [0.25, 0.3) is 5.57 Å². The number of hydrogen-bond acceptors (Lipinski definition) is 0. The Morgan fingerprint density at radius 2 is 1.44 bits per heavy atom. The molecule has 0 N–H and O–H groups in total. The summed E-state index contributed by atoms with van der Waals surface area (Å²) in [5.41, 5.74) is 11.8. The van der Waals surface area contributed by atoms with Crippen molar-refractivity contribution >= 4 is 14.2 Å². The van der Waals surface area contributed by atoms with Crippen LogP contribution in [-0.2, 0) is 5.41 Å². The third-order valence-electron chi connectivity index (χ3n) is 8.63. The van der Waals surface area contributed by atoms with E-state index in [1.165, 1.54) is 77.5 Å². The summed E-state index contributed by atoms with van der Waals surface area (Å²) < 4.78 is 0. The summed E-state index contributed by atoms with van der Waals surface area (Å²) in [7, 11) is 1.26. The van der Waals surface area contributed by atoms with Gasteiger partial charge in [-0.25, -0.2) is 0 Å². The van der Waals surface area contributed by atoms with Crippen molar-refractivity contribution < 1.29 is 0 Å². The summed E-state index contributed by atoms with van der Waals surface area (Å²) >= 11 is 0.